The summed E-state index contributed by atoms with van der Waals surface area (Å²) in [5.41, 5.74) is 0. The van der Waals surface area contributed by atoms with Crippen LogP contribution >= 0.6 is 0 Å². The number of aryl methyl sites for hydroxylation is 1. The van der Waals surface area contributed by atoms with Gasteiger partial charge in [-0.15, -0.1) is 0 Å². The molecule has 2 saturated heterocycles. The first-order valence-corrected chi connectivity index (χ1v) is 9.60. The van der Waals surface area contributed by atoms with Crippen molar-refractivity contribution in [1.29, 1.82) is 0 Å². The fourth-order valence-corrected chi connectivity index (χ4v) is 5.00. The summed E-state index contributed by atoms with van der Waals surface area (Å²) in [6.07, 6.45) is 3.45. The summed E-state index contributed by atoms with van der Waals surface area (Å²) < 4.78 is 28.3. The normalized spacial score (nSPS) is 25.5. The third-order valence-electron chi connectivity index (χ3n) is 4.56. The van der Waals surface area contributed by atoms with Gasteiger partial charge in [-0.3, -0.25) is 9.69 Å². The van der Waals surface area contributed by atoms with Crippen molar-refractivity contribution in [2.24, 2.45) is 0 Å². The Morgan fingerprint density at radius 1 is 1.27 bits per heavy atom. The standard InChI is InChI=1S/C15H22N2O4S/c18-15(4-3-14-2-1-10-21-14)17-8-6-16(7-9-17)13-5-11-22(19,20)12-13/h1-2,10,13H,3-9,11-12H2/t13-/m1/s1. The highest BCUT2D eigenvalue weighted by molar-refractivity contribution is 7.91. The number of piperazine rings is 1. The van der Waals surface area contributed by atoms with Crippen molar-refractivity contribution < 1.29 is 17.6 Å². The van der Waals surface area contributed by atoms with Crippen molar-refractivity contribution in [2.75, 3.05) is 37.7 Å². The maximum atomic E-state index is 12.2. The fourth-order valence-electron chi connectivity index (χ4n) is 3.24. The highest BCUT2D eigenvalue weighted by Crippen LogP contribution is 2.19. The number of furan rings is 1. The van der Waals surface area contributed by atoms with Crippen molar-refractivity contribution in [3.8, 4) is 0 Å². The molecule has 3 heterocycles. The molecule has 2 aliphatic rings. The van der Waals surface area contributed by atoms with Crippen molar-refractivity contribution in [2.45, 2.75) is 25.3 Å². The zero-order chi connectivity index (χ0) is 15.6. The van der Waals surface area contributed by atoms with E-state index in [2.05, 4.69) is 4.90 Å². The molecule has 3 rings (SSSR count). The first-order chi connectivity index (χ1) is 10.5. The lowest BCUT2D eigenvalue weighted by atomic mass is 10.1. The van der Waals surface area contributed by atoms with Crippen LogP contribution in [0.4, 0.5) is 0 Å². The van der Waals surface area contributed by atoms with E-state index >= 15 is 0 Å². The molecule has 6 nitrogen and oxygen atoms in total. The van der Waals surface area contributed by atoms with Crippen LogP contribution in [0.1, 0.15) is 18.6 Å². The number of carbonyl (C=O) groups excluding carboxylic acids is 1. The summed E-state index contributed by atoms with van der Waals surface area (Å²) in [6, 6.07) is 3.85. The Labute approximate surface area is 131 Å². The highest BCUT2D eigenvalue weighted by atomic mass is 32.2. The Kier molecular flexibility index (Phi) is 4.54. The molecule has 0 saturated carbocycles. The summed E-state index contributed by atoms with van der Waals surface area (Å²) in [5.74, 6) is 1.57. The van der Waals surface area contributed by atoms with Crippen LogP contribution in [0.25, 0.3) is 0 Å². The molecule has 1 amide bonds. The quantitative estimate of drug-likeness (QED) is 0.808. The van der Waals surface area contributed by atoms with Crippen LogP contribution in [-0.2, 0) is 21.1 Å². The monoisotopic (exact) mass is 326 g/mol. The molecule has 0 bridgehead atoms. The van der Waals surface area contributed by atoms with E-state index in [0.717, 1.165) is 25.3 Å². The summed E-state index contributed by atoms with van der Waals surface area (Å²) in [6.45, 7) is 2.92. The van der Waals surface area contributed by atoms with Gasteiger partial charge in [0.2, 0.25) is 5.91 Å². The molecular weight excluding hydrogens is 304 g/mol. The second-order valence-corrected chi connectivity index (χ2v) is 8.28. The third-order valence-corrected chi connectivity index (χ3v) is 6.31. The van der Waals surface area contributed by atoms with E-state index in [9.17, 15) is 13.2 Å². The van der Waals surface area contributed by atoms with Crippen LogP contribution < -0.4 is 0 Å². The van der Waals surface area contributed by atoms with Gasteiger partial charge in [0.05, 0.1) is 17.8 Å². The molecule has 2 fully saturated rings. The number of sulfone groups is 1. The number of hydrogen-bond donors (Lipinski definition) is 0. The summed E-state index contributed by atoms with van der Waals surface area (Å²) in [5, 5.41) is 0. The molecule has 1 atom stereocenters. The zero-order valence-corrected chi connectivity index (χ0v) is 13.4. The topological polar surface area (TPSA) is 70.8 Å². The van der Waals surface area contributed by atoms with Gasteiger partial charge in [-0.25, -0.2) is 8.42 Å². The minimum absolute atomic E-state index is 0.144. The Hall–Kier alpha value is -1.34. The number of rotatable bonds is 4. The number of amides is 1. The average Bonchev–Trinajstić information content (AvgIpc) is 3.14. The van der Waals surface area contributed by atoms with E-state index in [1.54, 1.807) is 6.26 Å². The minimum atomic E-state index is -2.84. The van der Waals surface area contributed by atoms with Gasteiger partial charge in [-0.05, 0) is 18.6 Å². The molecule has 0 radical (unpaired) electrons. The first-order valence-electron chi connectivity index (χ1n) is 7.78. The molecule has 2 aliphatic heterocycles. The lowest BCUT2D eigenvalue weighted by molar-refractivity contribution is -0.133. The molecule has 1 aromatic rings. The van der Waals surface area contributed by atoms with E-state index in [1.807, 2.05) is 17.0 Å². The Morgan fingerprint density at radius 3 is 2.64 bits per heavy atom. The van der Waals surface area contributed by atoms with Crippen molar-refractivity contribution in [3.05, 3.63) is 24.2 Å². The average molecular weight is 326 g/mol. The second kappa shape index (κ2) is 6.42. The van der Waals surface area contributed by atoms with E-state index in [1.165, 1.54) is 0 Å². The van der Waals surface area contributed by atoms with Crippen LogP contribution in [0.15, 0.2) is 22.8 Å². The van der Waals surface area contributed by atoms with E-state index in [-0.39, 0.29) is 17.7 Å². The molecule has 0 spiro atoms. The Morgan fingerprint density at radius 2 is 2.05 bits per heavy atom. The molecule has 22 heavy (non-hydrogen) atoms. The lowest BCUT2D eigenvalue weighted by Gasteiger charge is -2.37. The summed E-state index contributed by atoms with van der Waals surface area (Å²) in [4.78, 5) is 16.3. The van der Waals surface area contributed by atoms with Gasteiger partial charge in [0.1, 0.15) is 5.76 Å². The van der Waals surface area contributed by atoms with Crippen molar-refractivity contribution >= 4 is 15.7 Å². The molecule has 1 aromatic heterocycles. The maximum Gasteiger partial charge on any atom is 0.223 e. The molecule has 7 heteroatoms. The molecule has 122 valence electrons. The predicted molar refractivity (Wildman–Crippen MR) is 82.2 cm³/mol. The third kappa shape index (κ3) is 3.70. The Bertz CT molecular complexity index is 603. The van der Waals surface area contributed by atoms with Gasteiger partial charge in [-0.1, -0.05) is 0 Å². The van der Waals surface area contributed by atoms with Crippen LogP contribution in [0.2, 0.25) is 0 Å². The SMILES string of the molecule is O=C(CCc1ccco1)N1CCN([C@@H]2CCS(=O)(=O)C2)CC1. The van der Waals surface area contributed by atoms with Gasteiger partial charge >= 0.3 is 0 Å². The van der Waals surface area contributed by atoms with E-state index < -0.39 is 9.84 Å². The smallest absolute Gasteiger partial charge is 0.223 e. The largest absolute Gasteiger partial charge is 0.469 e. The molecule has 0 aromatic carbocycles. The minimum Gasteiger partial charge on any atom is -0.469 e. The fraction of sp³-hybridized carbons (Fsp3) is 0.667. The van der Waals surface area contributed by atoms with Crippen molar-refractivity contribution in [1.82, 2.24) is 9.80 Å². The molecule has 0 N–H and O–H groups in total. The van der Waals surface area contributed by atoms with Gasteiger partial charge in [0, 0.05) is 45.1 Å². The molecule has 0 aliphatic carbocycles. The van der Waals surface area contributed by atoms with E-state index in [0.29, 0.717) is 31.7 Å². The second-order valence-electron chi connectivity index (χ2n) is 6.05. The van der Waals surface area contributed by atoms with Crippen LogP contribution in [-0.4, -0.2) is 67.9 Å². The van der Waals surface area contributed by atoms with E-state index in [4.69, 9.17) is 4.42 Å². The molecular formula is C15H22N2O4S. The van der Waals surface area contributed by atoms with Gasteiger partial charge in [0.25, 0.3) is 0 Å². The Balaban J connectivity index is 1.44. The molecule has 0 unspecified atom stereocenters. The maximum absolute atomic E-state index is 12.2. The summed E-state index contributed by atoms with van der Waals surface area (Å²) in [7, 11) is -2.84. The predicted octanol–water partition coefficient (Wildman–Crippen LogP) is 0.543. The lowest BCUT2D eigenvalue weighted by Crippen LogP contribution is -2.52. The van der Waals surface area contributed by atoms with Crippen LogP contribution in [0.3, 0.4) is 0 Å². The van der Waals surface area contributed by atoms with Gasteiger partial charge in [-0.2, -0.15) is 0 Å². The van der Waals surface area contributed by atoms with Crippen molar-refractivity contribution in [3.63, 3.8) is 0 Å². The highest BCUT2D eigenvalue weighted by Gasteiger charge is 2.34. The summed E-state index contributed by atoms with van der Waals surface area (Å²) >= 11 is 0. The zero-order valence-electron chi connectivity index (χ0n) is 12.6. The number of carbonyl (C=O) groups is 1. The van der Waals surface area contributed by atoms with Gasteiger partial charge in [0.15, 0.2) is 9.84 Å². The van der Waals surface area contributed by atoms with Crippen LogP contribution in [0, 0.1) is 0 Å². The number of nitrogens with zero attached hydrogens (tertiary/aromatic N) is 2. The first kappa shape index (κ1) is 15.6. The number of hydrogen-bond acceptors (Lipinski definition) is 5. The van der Waals surface area contributed by atoms with Crippen LogP contribution in [0.5, 0.6) is 0 Å². The van der Waals surface area contributed by atoms with Gasteiger partial charge < -0.3 is 9.32 Å².